The first-order valence-corrected chi connectivity index (χ1v) is 4.57. The molecule has 0 aromatic heterocycles. The maximum atomic E-state index is 9.60. The SMILES string of the molecule is CCN1C(O)=CCc2ccccc21. The Morgan fingerprint density at radius 1 is 1.38 bits per heavy atom. The molecule has 2 heteroatoms. The predicted molar refractivity (Wildman–Crippen MR) is 53.9 cm³/mol. The molecule has 0 amide bonds. The largest absolute Gasteiger partial charge is 0.495 e. The highest BCUT2D eigenvalue weighted by Crippen LogP contribution is 2.27. The Balaban J connectivity index is 2.46. The molecule has 0 saturated heterocycles. The van der Waals surface area contributed by atoms with E-state index in [-0.39, 0.29) is 0 Å². The maximum Gasteiger partial charge on any atom is 0.187 e. The lowest BCUT2D eigenvalue weighted by atomic mass is 10.1. The van der Waals surface area contributed by atoms with Crippen LogP contribution in [0.5, 0.6) is 0 Å². The molecule has 2 nitrogen and oxygen atoms in total. The quantitative estimate of drug-likeness (QED) is 0.708. The van der Waals surface area contributed by atoms with Crippen LogP contribution in [0.25, 0.3) is 0 Å². The van der Waals surface area contributed by atoms with Gasteiger partial charge in [0.15, 0.2) is 5.88 Å². The number of fused-ring (bicyclic) bond motifs is 1. The van der Waals surface area contributed by atoms with Crippen LogP contribution in [-0.2, 0) is 6.42 Å². The van der Waals surface area contributed by atoms with Crippen molar-refractivity contribution in [2.45, 2.75) is 13.3 Å². The Hall–Kier alpha value is -1.44. The maximum absolute atomic E-state index is 9.60. The minimum atomic E-state index is 0.376. The number of hydrogen-bond acceptors (Lipinski definition) is 2. The Morgan fingerprint density at radius 3 is 2.92 bits per heavy atom. The summed E-state index contributed by atoms with van der Waals surface area (Å²) in [6.07, 6.45) is 2.68. The van der Waals surface area contributed by atoms with Crippen molar-refractivity contribution in [3.63, 3.8) is 0 Å². The van der Waals surface area contributed by atoms with E-state index in [4.69, 9.17) is 0 Å². The third kappa shape index (κ3) is 1.28. The van der Waals surface area contributed by atoms with Crippen molar-refractivity contribution < 1.29 is 5.11 Å². The summed E-state index contributed by atoms with van der Waals surface area (Å²) in [5.74, 6) is 0.376. The van der Waals surface area contributed by atoms with Gasteiger partial charge in [-0.25, -0.2) is 0 Å². The Labute approximate surface area is 78.1 Å². The molecule has 0 spiro atoms. The monoisotopic (exact) mass is 175 g/mol. The second-order valence-corrected chi connectivity index (χ2v) is 3.14. The highest BCUT2D eigenvalue weighted by atomic mass is 16.3. The summed E-state index contributed by atoms with van der Waals surface area (Å²) >= 11 is 0. The molecule has 1 aliphatic heterocycles. The first-order valence-electron chi connectivity index (χ1n) is 4.57. The first kappa shape index (κ1) is 8.17. The van der Waals surface area contributed by atoms with Crippen molar-refractivity contribution in [2.24, 2.45) is 0 Å². The smallest absolute Gasteiger partial charge is 0.187 e. The lowest BCUT2D eigenvalue weighted by Crippen LogP contribution is -2.25. The van der Waals surface area contributed by atoms with Crippen LogP contribution in [0.1, 0.15) is 12.5 Å². The molecule has 1 heterocycles. The van der Waals surface area contributed by atoms with Crippen molar-refractivity contribution in [3.8, 4) is 0 Å². The summed E-state index contributed by atoms with van der Waals surface area (Å²) in [4.78, 5) is 1.92. The number of rotatable bonds is 1. The van der Waals surface area contributed by atoms with E-state index >= 15 is 0 Å². The van der Waals surface area contributed by atoms with E-state index in [1.165, 1.54) is 5.56 Å². The summed E-state index contributed by atoms with van der Waals surface area (Å²) in [5, 5.41) is 9.60. The fourth-order valence-corrected chi connectivity index (χ4v) is 1.71. The van der Waals surface area contributed by atoms with E-state index in [1.54, 1.807) is 0 Å². The van der Waals surface area contributed by atoms with Crippen LogP contribution >= 0.6 is 0 Å². The summed E-state index contributed by atoms with van der Waals surface area (Å²) in [6, 6.07) is 8.17. The first-order chi connectivity index (χ1) is 6.33. The van der Waals surface area contributed by atoms with Crippen LogP contribution in [0.2, 0.25) is 0 Å². The van der Waals surface area contributed by atoms with Gasteiger partial charge >= 0.3 is 0 Å². The number of allylic oxidation sites excluding steroid dienone is 1. The number of anilines is 1. The Bertz CT molecular complexity index is 344. The third-order valence-electron chi connectivity index (χ3n) is 2.38. The average molecular weight is 175 g/mol. The van der Waals surface area contributed by atoms with Gasteiger partial charge in [0.05, 0.1) is 0 Å². The van der Waals surface area contributed by atoms with E-state index in [0.29, 0.717) is 5.88 Å². The second kappa shape index (κ2) is 3.13. The molecule has 0 bridgehead atoms. The van der Waals surface area contributed by atoms with Gasteiger partial charge in [-0.2, -0.15) is 0 Å². The zero-order valence-electron chi connectivity index (χ0n) is 7.70. The van der Waals surface area contributed by atoms with Crippen molar-refractivity contribution in [1.29, 1.82) is 0 Å². The molecule has 0 saturated carbocycles. The molecule has 13 heavy (non-hydrogen) atoms. The third-order valence-corrected chi connectivity index (χ3v) is 2.38. The number of hydrogen-bond donors (Lipinski definition) is 1. The lowest BCUT2D eigenvalue weighted by Gasteiger charge is -2.27. The molecule has 0 fully saturated rings. The van der Waals surface area contributed by atoms with E-state index in [1.807, 2.05) is 36.1 Å². The van der Waals surface area contributed by atoms with Crippen LogP contribution in [0, 0.1) is 0 Å². The van der Waals surface area contributed by atoms with Gasteiger partial charge in [-0.3, -0.25) is 0 Å². The van der Waals surface area contributed by atoms with E-state index in [9.17, 15) is 5.11 Å². The predicted octanol–water partition coefficient (Wildman–Crippen LogP) is 2.47. The molecule has 0 atom stereocenters. The highest BCUT2D eigenvalue weighted by molar-refractivity contribution is 5.59. The molecular formula is C11H13NO. The molecule has 1 aromatic carbocycles. The van der Waals surface area contributed by atoms with Crippen molar-refractivity contribution in [1.82, 2.24) is 0 Å². The van der Waals surface area contributed by atoms with Gasteiger partial charge in [0.1, 0.15) is 0 Å². The van der Waals surface area contributed by atoms with Crippen molar-refractivity contribution in [2.75, 3.05) is 11.4 Å². The van der Waals surface area contributed by atoms with Gasteiger partial charge in [0, 0.05) is 12.2 Å². The van der Waals surface area contributed by atoms with Crippen molar-refractivity contribution in [3.05, 3.63) is 41.8 Å². The van der Waals surface area contributed by atoms with E-state index in [0.717, 1.165) is 18.7 Å². The number of aliphatic hydroxyl groups is 1. The average Bonchev–Trinajstić information content (AvgIpc) is 2.18. The summed E-state index contributed by atoms with van der Waals surface area (Å²) < 4.78 is 0. The highest BCUT2D eigenvalue weighted by Gasteiger charge is 2.16. The molecule has 1 aromatic rings. The summed E-state index contributed by atoms with van der Waals surface area (Å²) in [5.41, 5.74) is 2.41. The van der Waals surface area contributed by atoms with Crippen LogP contribution in [-0.4, -0.2) is 11.7 Å². The second-order valence-electron chi connectivity index (χ2n) is 3.14. The van der Waals surface area contributed by atoms with E-state index < -0.39 is 0 Å². The van der Waals surface area contributed by atoms with Gasteiger partial charge in [-0.1, -0.05) is 18.2 Å². The van der Waals surface area contributed by atoms with Crippen LogP contribution in [0.4, 0.5) is 5.69 Å². The number of aliphatic hydroxyl groups excluding tert-OH is 1. The zero-order chi connectivity index (χ0) is 9.26. The Morgan fingerprint density at radius 2 is 2.15 bits per heavy atom. The summed E-state index contributed by atoms with van der Waals surface area (Å²) in [6.45, 7) is 2.84. The van der Waals surface area contributed by atoms with Crippen LogP contribution in [0.3, 0.4) is 0 Å². The minimum Gasteiger partial charge on any atom is -0.495 e. The van der Waals surface area contributed by atoms with Gasteiger partial charge < -0.3 is 10.0 Å². The Kier molecular flexibility index (Phi) is 1.97. The molecular weight excluding hydrogens is 162 g/mol. The molecule has 0 unspecified atom stereocenters. The fourth-order valence-electron chi connectivity index (χ4n) is 1.71. The molecule has 0 aliphatic carbocycles. The molecule has 2 rings (SSSR count). The van der Waals surface area contributed by atoms with E-state index in [2.05, 4.69) is 6.07 Å². The van der Waals surface area contributed by atoms with Gasteiger partial charge in [0.2, 0.25) is 0 Å². The standard InChI is InChI=1S/C11H13NO/c1-2-12-10-6-4-3-5-9(10)7-8-11(12)13/h3-6,8,13H,2,7H2,1H3. The molecule has 0 radical (unpaired) electrons. The molecule has 1 aliphatic rings. The molecule has 68 valence electrons. The topological polar surface area (TPSA) is 23.5 Å². The zero-order valence-corrected chi connectivity index (χ0v) is 7.70. The number of benzene rings is 1. The summed E-state index contributed by atoms with van der Waals surface area (Å²) in [7, 11) is 0. The van der Waals surface area contributed by atoms with Gasteiger partial charge in [-0.05, 0) is 31.1 Å². The minimum absolute atomic E-state index is 0.376. The van der Waals surface area contributed by atoms with Gasteiger partial charge in [0.25, 0.3) is 0 Å². The lowest BCUT2D eigenvalue weighted by molar-refractivity contribution is 0.386. The number of para-hydroxylation sites is 1. The normalized spacial score (nSPS) is 15.2. The molecule has 1 N–H and O–H groups in total. The number of nitrogens with zero attached hydrogens (tertiary/aromatic N) is 1. The van der Waals surface area contributed by atoms with Crippen LogP contribution < -0.4 is 4.90 Å². The van der Waals surface area contributed by atoms with Crippen LogP contribution in [0.15, 0.2) is 36.2 Å². The fraction of sp³-hybridized carbons (Fsp3) is 0.273. The van der Waals surface area contributed by atoms with Gasteiger partial charge in [-0.15, -0.1) is 0 Å². The van der Waals surface area contributed by atoms with Crippen molar-refractivity contribution >= 4 is 5.69 Å².